The van der Waals surface area contributed by atoms with Gasteiger partial charge < -0.3 is 90.6 Å². The molecule has 0 aliphatic rings. The summed E-state index contributed by atoms with van der Waals surface area (Å²) in [5.74, 6) is -0.643. The lowest BCUT2D eigenvalue weighted by Crippen LogP contribution is -2.24. The third kappa shape index (κ3) is 35.3. The summed E-state index contributed by atoms with van der Waals surface area (Å²) in [6, 6.07) is 40.5. The van der Waals surface area contributed by atoms with Crippen LogP contribution in [-0.2, 0) is 42.8 Å². The molecule has 9 aromatic rings. The van der Waals surface area contributed by atoms with Gasteiger partial charge in [-0.25, -0.2) is 28.1 Å². The van der Waals surface area contributed by atoms with Crippen LogP contribution < -0.4 is 57.3 Å². The van der Waals surface area contributed by atoms with Crippen LogP contribution in [-0.4, -0.2) is 165 Å². The maximum absolute atomic E-state index is 14.5. The van der Waals surface area contributed by atoms with E-state index in [0.717, 1.165) is 91.4 Å². The van der Waals surface area contributed by atoms with Gasteiger partial charge in [-0.3, -0.25) is 14.4 Å². The number of rotatable bonds is 46. The Morgan fingerprint density at radius 3 is 1.29 bits per heavy atom. The Morgan fingerprint density at radius 2 is 0.805 bits per heavy atom. The molecular weight excluding hydrogens is 1450 g/mol. The Hall–Kier alpha value is -11.9. The van der Waals surface area contributed by atoms with Crippen molar-refractivity contribution >= 4 is 104 Å². The van der Waals surface area contributed by atoms with Gasteiger partial charge in [0.2, 0.25) is 35.6 Å². The third-order valence-electron chi connectivity index (χ3n) is 15.0. The first-order valence-corrected chi connectivity index (χ1v) is 36.5. The molecule has 602 valence electrons. The highest BCUT2D eigenvalue weighted by Crippen LogP contribution is 2.29. The van der Waals surface area contributed by atoms with Crippen LogP contribution >= 0.6 is 0 Å². The predicted octanol–water partition coefficient (Wildman–Crippen LogP) is 16.3. The van der Waals surface area contributed by atoms with Crippen LogP contribution in [0.4, 0.5) is 99.7 Å². The first-order valence-electron chi connectivity index (χ1n) is 36.5. The second-order valence-corrected chi connectivity index (χ2v) is 24.5. The van der Waals surface area contributed by atoms with E-state index in [9.17, 15) is 27.6 Å². The molecule has 3 heterocycles. The van der Waals surface area contributed by atoms with Crippen molar-refractivity contribution in [3.63, 3.8) is 0 Å². The molecular formula is C83H103F3N16O11. The average Bonchev–Trinajstić information content (AvgIpc) is 0.849. The minimum Gasteiger partial charge on any atom is -0.491 e. The molecule has 3 amide bonds. The first-order chi connectivity index (χ1) is 54.5. The van der Waals surface area contributed by atoms with Crippen LogP contribution in [0.5, 0.6) is 11.5 Å². The summed E-state index contributed by atoms with van der Waals surface area (Å²) in [5.41, 5.74) is 7.44. The number of nitrogens with zero attached hydrogens (tertiary/aromatic N) is 7. The fraction of sp³-hybridized carbons (Fsp3) is 0.313. The first kappa shape index (κ1) is 90.0. The Kier molecular flexibility index (Phi) is 41.0. The smallest absolute Gasteiger partial charge is 0.248 e. The lowest BCUT2D eigenvalue weighted by molar-refractivity contribution is -0.112. The number of hydrogen-bond acceptors (Lipinski definition) is 24. The van der Waals surface area contributed by atoms with Crippen molar-refractivity contribution in [2.24, 2.45) is 0 Å². The zero-order chi connectivity index (χ0) is 79.9. The van der Waals surface area contributed by atoms with E-state index in [-0.39, 0.29) is 61.0 Å². The maximum atomic E-state index is 14.5. The van der Waals surface area contributed by atoms with Crippen LogP contribution in [0, 0.1) is 31.3 Å². The molecule has 0 spiro atoms. The van der Waals surface area contributed by atoms with E-state index in [0.29, 0.717) is 125 Å². The number of carbonyl (C=O) groups is 3. The van der Waals surface area contributed by atoms with Crippen molar-refractivity contribution in [1.29, 1.82) is 0 Å². The zero-order valence-corrected chi connectivity index (χ0v) is 63.9. The molecule has 0 aliphatic heterocycles. The molecule has 9 rings (SSSR count). The number of aromatic nitrogens is 6. The van der Waals surface area contributed by atoms with Crippen molar-refractivity contribution in [2.75, 3.05) is 160 Å². The van der Waals surface area contributed by atoms with E-state index in [2.05, 4.69) is 110 Å². The highest BCUT2D eigenvalue weighted by atomic mass is 19.1. The second-order valence-electron chi connectivity index (χ2n) is 24.5. The van der Waals surface area contributed by atoms with E-state index in [1.807, 2.05) is 94.5 Å². The van der Waals surface area contributed by atoms with Crippen LogP contribution in [0.1, 0.15) is 58.6 Å². The lowest BCUT2D eigenvalue weighted by atomic mass is 10.2. The third-order valence-corrected chi connectivity index (χ3v) is 15.0. The molecule has 113 heavy (non-hydrogen) atoms. The summed E-state index contributed by atoms with van der Waals surface area (Å²) in [7, 11) is 1.97. The van der Waals surface area contributed by atoms with Gasteiger partial charge in [-0.1, -0.05) is 83.8 Å². The van der Waals surface area contributed by atoms with Crippen molar-refractivity contribution in [3.8, 4) is 11.5 Å². The molecule has 0 atom stereocenters. The molecule has 0 aliphatic carbocycles. The van der Waals surface area contributed by atoms with E-state index >= 15 is 0 Å². The van der Waals surface area contributed by atoms with Gasteiger partial charge in [-0.2, -0.15) is 15.0 Å². The average molecular weight is 1560 g/mol. The number of halogens is 3. The Labute approximate surface area is 659 Å². The highest BCUT2D eigenvalue weighted by molar-refractivity contribution is 6.00. The summed E-state index contributed by atoms with van der Waals surface area (Å²) in [6.07, 6.45) is 12.5. The number of anilines is 15. The summed E-state index contributed by atoms with van der Waals surface area (Å²) in [6.45, 7) is 25.8. The molecule has 0 saturated carbocycles. The number of aryl methyl sites for hydroxylation is 2. The summed E-state index contributed by atoms with van der Waals surface area (Å²) in [4.78, 5) is 62.8. The normalized spacial score (nSPS) is 10.7. The zero-order valence-electron chi connectivity index (χ0n) is 63.9. The Morgan fingerprint density at radius 1 is 0.416 bits per heavy atom. The van der Waals surface area contributed by atoms with Crippen molar-refractivity contribution in [1.82, 2.24) is 34.8 Å². The number of amides is 3. The summed E-state index contributed by atoms with van der Waals surface area (Å²) < 4.78 is 86.8. The van der Waals surface area contributed by atoms with Crippen molar-refractivity contribution < 1.29 is 65.4 Å². The number of carbonyl (C=O) groups excluding carboxylic acids is 3. The highest BCUT2D eigenvalue weighted by Gasteiger charge is 2.15. The topological polar surface area (TPSA) is 314 Å². The van der Waals surface area contributed by atoms with Crippen LogP contribution in [0.3, 0.4) is 0 Å². The van der Waals surface area contributed by atoms with Gasteiger partial charge in [0.1, 0.15) is 24.8 Å². The van der Waals surface area contributed by atoms with Crippen LogP contribution in [0.15, 0.2) is 196 Å². The van der Waals surface area contributed by atoms with Gasteiger partial charge in [0, 0.05) is 114 Å². The molecule has 27 nitrogen and oxygen atoms in total. The van der Waals surface area contributed by atoms with Gasteiger partial charge in [0.05, 0.1) is 71.9 Å². The predicted molar refractivity (Wildman–Crippen MR) is 440 cm³/mol. The Bertz CT molecular complexity index is 4430. The van der Waals surface area contributed by atoms with Crippen molar-refractivity contribution in [2.45, 2.75) is 61.3 Å². The monoisotopic (exact) mass is 1560 g/mol. The van der Waals surface area contributed by atoms with E-state index < -0.39 is 17.5 Å². The minimum absolute atomic E-state index is 0. The number of benzene rings is 6. The number of hydrogen-bond donors (Lipinski definition) is 9. The number of likely N-dealkylation sites (N-methyl/N-ethyl adjacent to an activating group) is 1. The molecule has 30 heteroatoms. The number of ether oxygens (including phenoxy) is 8. The van der Waals surface area contributed by atoms with Crippen molar-refractivity contribution in [3.05, 3.63) is 224 Å². The fourth-order valence-electron chi connectivity index (χ4n) is 9.61. The van der Waals surface area contributed by atoms with E-state index in [4.69, 9.17) is 37.9 Å². The largest absolute Gasteiger partial charge is 0.491 e. The molecule has 0 bridgehead atoms. The van der Waals surface area contributed by atoms with Gasteiger partial charge in [-0.15, -0.1) is 0 Å². The van der Waals surface area contributed by atoms with Gasteiger partial charge in [-0.05, 0) is 149 Å². The second kappa shape index (κ2) is 51.5. The maximum Gasteiger partial charge on any atom is 0.248 e. The van der Waals surface area contributed by atoms with Gasteiger partial charge in [0.15, 0.2) is 34.8 Å². The quantitative estimate of drug-likeness (QED) is 0.0126. The minimum atomic E-state index is -0.694. The molecule has 9 N–H and O–H groups in total. The van der Waals surface area contributed by atoms with Crippen LogP contribution in [0.2, 0.25) is 0 Å². The molecule has 3 aromatic heterocycles. The van der Waals surface area contributed by atoms with E-state index in [1.54, 1.807) is 72.9 Å². The Balaban J connectivity index is 0.000000263. The van der Waals surface area contributed by atoms with Crippen LogP contribution in [0.25, 0.3) is 0 Å². The molecule has 0 radical (unpaired) electrons. The molecule has 0 saturated heterocycles. The summed E-state index contributed by atoms with van der Waals surface area (Å²) >= 11 is 0. The molecule has 0 unspecified atom stereocenters. The number of nitrogens with one attached hydrogen (secondary N) is 9. The summed E-state index contributed by atoms with van der Waals surface area (Å²) in [5, 5.41) is 26.4. The lowest BCUT2D eigenvalue weighted by Gasteiger charge is -2.14. The molecule has 0 fully saturated rings. The SMILES string of the molecule is C.C=CC(=O)Nc1cccc(Nc2nc(Nc3ccc(OCCOCCOCCC)c(F)c3)ncc2F)c1.C=CC(=O)Nc1cccc(Nc2nc(Nc3cccc(OCCOCCOCCC)c3)ncc2C)c1.CCCOCCOCCN(C)C/C=C/C(=O)Nc1cccc(Nc2ncc(F)c(Nc3cccc(C)c3)n2)c1. The standard InChI is InChI=1S/C29H37FN6O3.C27H33N5O4.C26H29F2N5O4.CH4/c1-4-15-38-17-18-39-16-14-36(3)13-7-12-27(37)32-24-10-6-11-25(20-24)34-29-31-21-26(30)28(35-29)33-23-9-5-8-22(2)19-23;1-4-12-34-13-14-35-15-16-36-24-11-7-10-23(18-24)31-27-28-19-20(3)26(32-27)30-22-9-6-8-21(17-22)29-25(33)5-2;1-3-10-35-11-12-36-13-14-37-23-9-8-20(16-21(23)27)32-26-29-17-22(28)25(33-26)31-19-7-5-6-18(15-19)30-24(34)4-2;/h5-12,19-21H,4,13-18H2,1-3H3,(H,32,37)(H2,31,33,34,35);5-11,17-19H,2,4,12-16H2,1,3H3,(H,29,33)(H2,28,30,31,32);4-9,15-17H,2-3,10-14H2,1H3,(H,30,34)(H2,29,31,32,33);1H4/b12-7+;;;. The molecule has 6 aromatic carbocycles. The fourth-order valence-corrected chi connectivity index (χ4v) is 9.61. The van der Waals surface area contributed by atoms with E-state index in [1.165, 1.54) is 24.3 Å². The van der Waals surface area contributed by atoms with Gasteiger partial charge in [0.25, 0.3) is 0 Å². The van der Waals surface area contributed by atoms with Gasteiger partial charge >= 0.3 is 0 Å².